The Bertz CT molecular complexity index is 869. The van der Waals surface area contributed by atoms with E-state index in [0.717, 1.165) is 16.5 Å². The SMILES string of the molecule is Cc1cc(NS(=O)(=O)c2ccc3ccccc3c2)n[nH]1. The number of aromatic amines is 1. The second kappa shape index (κ2) is 4.64. The predicted octanol–water partition coefficient (Wildman–Crippen LogP) is 2.67. The van der Waals surface area contributed by atoms with Crippen molar-refractivity contribution in [3.05, 3.63) is 54.2 Å². The quantitative estimate of drug-likeness (QED) is 0.777. The number of hydrogen-bond donors (Lipinski definition) is 2. The van der Waals surface area contributed by atoms with Crippen molar-refractivity contribution < 1.29 is 8.42 Å². The van der Waals surface area contributed by atoms with Gasteiger partial charge in [0.25, 0.3) is 10.0 Å². The van der Waals surface area contributed by atoms with E-state index in [9.17, 15) is 8.42 Å². The lowest BCUT2D eigenvalue weighted by molar-refractivity contribution is 0.601. The molecule has 0 atom stereocenters. The van der Waals surface area contributed by atoms with E-state index in [1.165, 1.54) is 0 Å². The Labute approximate surface area is 116 Å². The lowest BCUT2D eigenvalue weighted by Gasteiger charge is -2.06. The third-order valence-corrected chi connectivity index (χ3v) is 4.33. The third kappa shape index (κ3) is 2.37. The van der Waals surface area contributed by atoms with Crippen LogP contribution in [0.4, 0.5) is 5.82 Å². The van der Waals surface area contributed by atoms with Crippen LogP contribution in [0.1, 0.15) is 5.69 Å². The number of nitrogens with zero attached hydrogens (tertiary/aromatic N) is 1. The number of hydrogen-bond acceptors (Lipinski definition) is 3. The highest BCUT2D eigenvalue weighted by atomic mass is 32.2. The Morgan fingerprint density at radius 2 is 1.80 bits per heavy atom. The largest absolute Gasteiger partial charge is 0.281 e. The molecule has 1 aromatic heterocycles. The molecule has 0 bridgehead atoms. The van der Waals surface area contributed by atoms with Crippen molar-refractivity contribution in [2.75, 3.05) is 4.72 Å². The van der Waals surface area contributed by atoms with Crippen LogP contribution in [0, 0.1) is 6.92 Å². The summed E-state index contributed by atoms with van der Waals surface area (Å²) < 4.78 is 27.0. The van der Waals surface area contributed by atoms with Crippen molar-refractivity contribution in [2.45, 2.75) is 11.8 Å². The van der Waals surface area contributed by atoms with E-state index in [0.29, 0.717) is 0 Å². The van der Waals surface area contributed by atoms with Crippen LogP contribution in [-0.4, -0.2) is 18.6 Å². The van der Waals surface area contributed by atoms with Crippen molar-refractivity contribution in [3.63, 3.8) is 0 Å². The number of benzene rings is 2. The molecule has 0 radical (unpaired) electrons. The van der Waals surface area contributed by atoms with Crippen molar-refractivity contribution in [2.24, 2.45) is 0 Å². The van der Waals surface area contributed by atoms with E-state index in [1.54, 1.807) is 31.2 Å². The summed E-state index contributed by atoms with van der Waals surface area (Å²) in [5.41, 5.74) is 0.793. The second-order valence-electron chi connectivity index (χ2n) is 4.55. The Hall–Kier alpha value is -2.34. The topological polar surface area (TPSA) is 74.8 Å². The van der Waals surface area contributed by atoms with Gasteiger partial charge in [0.15, 0.2) is 5.82 Å². The molecule has 5 nitrogen and oxygen atoms in total. The minimum absolute atomic E-state index is 0.219. The van der Waals surface area contributed by atoms with Gasteiger partial charge < -0.3 is 0 Å². The molecule has 0 amide bonds. The summed E-state index contributed by atoms with van der Waals surface area (Å²) in [6.45, 7) is 1.81. The maximum absolute atomic E-state index is 12.3. The summed E-state index contributed by atoms with van der Waals surface area (Å²) in [5.74, 6) is 0.288. The average Bonchev–Trinajstić information content (AvgIpc) is 2.83. The van der Waals surface area contributed by atoms with Crippen LogP contribution in [0.3, 0.4) is 0 Å². The van der Waals surface area contributed by atoms with Gasteiger partial charge in [-0.05, 0) is 29.8 Å². The number of aryl methyl sites for hydroxylation is 1. The van der Waals surface area contributed by atoms with Gasteiger partial charge in [-0.3, -0.25) is 9.82 Å². The fourth-order valence-corrected chi connectivity index (χ4v) is 3.03. The molecule has 6 heteroatoms. The summed E-state index contributed by atoms with van der Waals surface area (Å²) in [5, 5.41) is 8.45. The average molecular weight is 287 g/mol. The van der Waals surface area contributed by atoms with E-state index in [-0.39, 0.29) is 10.7 Å². The van der Waals surface area contributed by atoms with Crippen molar-refractivity contribution in [3.8, 4) is 0 Å². The van der Waals surface area contributed by atoms with Gasteiger partial charge in [0.2, 0.25) is 0 Å². The number of anilines is 1. The minimum Gasteiger partial charge on any atom is -0.281 e. The molecule has 1 heterocycles. The van der Waals surface area contributed by atoms with Crippen molar-refractivity contribution in [1.29, 1.82) is 0 Å². The first kappa shape index (κ1) is 12.7. The first-order chi connectivity index (χ1) is 9.54. The molecule has 0 aliphatic carbocycles. The lowest BCUT2D eigenvalue weighted by atomic mass is 10.1. The molecule has 2 aromatic carbocycles. The minimum atomic E-state index is -3.62. The van der Waals surface area contributed by atoms with Gasteiger partial charge in [0, 0.05) is 11.8 Å². The molecule has 0 saturated heterocycles. The van der Waals surface area contributed by atoms with Crippen LogP contribution in [0.15, 0.2) is 53.4 Å². The van der Waals surface area contributed by atoms with Crippen LogP contribution in [0.5, 0.6) is 0 Å². The van der Waals surface area contributed by atoms with Gasteiger partial charge in [-0.2, -0.15) is 5.10 Å². The number of fused-ring (bicyclic) bond motifs is 1. The number of rotatable bonds is 3. The highest BCUT2D eigenvalue weighted by Gasteiger charge is 2.15. The second-order valence-corrected chi connectivity index (χ2v) is 6.23. The molecule has 3 rings (SSSR count). The molecule has 0 aliphatic rings. The fourth-order valence-electron chi connectivity index (χ4n) is 2.00. The van der Waals surface area contributed by atoms with Crippen molar-refractivity contribution in [1.82, 2.24) is 10.2 Å². The number of aromatic nitrogens is 2. The summed E-state index contributed by atoms with van der Waals surface area (Å²) in [6.07, 6.45) is 0. The van der Waals surface area contributed by atoms with Crippen LogP contribution in [0.2, 0.25) is 0 Å². The molecule has 0 fully saturated rings. The zero-order chi connectivity index (χ0) is 14.2. The smallest absolute Gasteiger partial charge is 0.263 e. The number of sulfonamides is 1. The molecular formula is C14H13N3O2S. The molecule has 20 heavy (non-hydrogen) atoms. The van der Waals surface area contributed by atoms with E-state index in [2.05, 4.69) is 14.9 Å². The van der Waals surface area contributed by atoms with Gasteiger partial charge in [0.05, 0.1) is 4.90 Å². The molecule has 102 valence electrons. The van der Waals surface area contributed by atoms with Gasteiger partial charge >= 0.3 is 0 Å². The lowest BCUT2D eigenvalue weighted by Crippen LogP contribution is -2.13. The Morgan fingerprint density at radius 1 is 1.05 bits per heavy atom. The first-order valence-electron chi connectivity index (χ1n) is 6.08. The summed E-state index contributed by atoms with van der Waals surface area (Å²) >= 11 is 0. The van der Waals surface area contributed by atoms with Gasteiger partial charge in [-0.15, -0.1) is 0 Å². The van der Waals surface area contributed by atoms with Crippen molar-refractivity contribution >= 4 is 26.6 Å². The Morgan fingerprint density at radius 3 is 2.50 bits per heavy atom. The number of H-pyrrole nitrogens is 1. The zero-order valence-electron chi connectivity index (χ0n) is 10.8. The predicted molar refractivity (Wildman–Crippen MR) is 78.1 cm³/mol. The van der Waals surface area contributed by atoms with Crippen LogP contribution in [-0.2, 0) is 10.0 Å². The molecule has 0 spiro atoms. The zero-order valence-corrected chi connectivity index (χ0v) is 11.6. The van der Waals surface area contributed by atoms with Crippen LogP contribution in [0.25, 0.3) is 10.8 Å². The molecule has 2 N–H and O–H groups in total. The maximum atomic E-state index is 12.3. The number of nitrogens with one attached hydrogen (secondary N) is 2. The molecule has 0 saturated carbocycles. The Balaban J connectivity index is 2.00. The monoisotopic (exact) mass is 287 g/mol. The van der Waals surface area contributed by atoms with E-state index in [1.807, 2.05) is 24.3 Å². The molecular weight excluding hydrogens is 274 g/mol. The highest BCUT2D eigenvalue weighted by molar-refractivity contribution is 7.92. The molecule has 3 aromatic rings. The van der Waals surface area contributed by atoms with Gasteiger partial charge in [-0.1, -0.05) is 30.3 Å². The van der Waals surface area contributed by atoms with E-state index >= 15 is 0 Å². The van der Waals surface area contributed by atoms with E-state index in [4.69, 9.17) is 0 Å². The maximum Gasteiger partial charge on any atom is 0.263 e. The third-order valence-electron chi connectivity index (χ3n) is 2.98. The summed E-state index contributed by atoms with van der Waals surface area (Å²) in [4.78, 5) is 0.219. The highest BCUT2D eigenvalue weighted by Crippen LogP contribution is 2.20. The van der Waals surface area contributed by atoms with Gasteiger partial charge in [0.1, 0.15) is 0 Å². The summed E-state index contributed by atoms with van der Waals surface area (Å²) in [7, 11) is -3.62. The normalized spacial score (nSPS) is 11.7. The van der Waals surface area contributed by atoms with Gasteiger partial charge in [-0.25, -0.2) is 8.42 Å². The Kier molecular flexibility index (Phi) is 2.94. The van der Waals surface area contributed by atoms with Crippen LogP contribution >= 0.6 is 0 Å². The fraction of sp³-hybridized carbons (Fsp3) is 0.0714. The first-order valence-corrected chi connectivity index (χ1v) is 7.56. The molecule has 0 unspecified atom stereocenters. The standard InChI is InChI=1S/C14H13N3O2S/c1-10-8-14(16-15-10)17-20(18,19)13-7-6-11-4-2-3-5-12(11)9-13/h2-9H,1H3,(H2,15,16,17). The van der Waals surface area contributed by atoms with E-state index < -0.39 is 10.0 Å². The molecule has 0 aliphatic heterocycles. The summed E-state index contributed by atoms with van der Waals surface area (Å²) in [6, 6.07) is 14.3. The van der Waals surface area contributed by atoms with Crippen LogP contribution < -0.4 is 4.72 Å².